The van der Waals surface area contributed by atoms with Crippen LogP contribution in [0.25, 0.3) is 0 Å². The fourth-order valence-corrected chi connectivity index (χ4v) is 2.89. The van der Waals surface area contributed by atoms with Crippen molar-refractivity contribution in [2.45, 2.75) is 52.2 Å². The number of carbonyl (C=O) groups is 1. The summed E-state index contributed by atoms with van der Waals surface area (Å²) in [4.78, 5) is 11.8. The molecule has 0 radical (unpaired) electrons. The third-order valence-corrected chi connectivity index (χ3v) is 3.98. The number of esters is 1. The number of rotatable bonds is 4. The Morgan fingerprint density at radius 3 is 2.76 bits per heavy atom. The van der Waals surface area contributed by atoms with Crippen LogP contribution in [-0.4, -0.2) is 18.7 Å². The molecule has 0 bridgehead atoms. The van der Waals surface area contributed by atoms with Crippen molar-refractivity contribution in [2.24, 2.45) is 11.1 Å². The average Bonchev–Trinajstić information content (AvgIpc) is 2.69. The molecule has 4 nitrogen and oxygen atoms in total. The van der Waals surface area contributed by atoms with Crippen molar-refractivity contribution >= 4 is 5.97 Å². The van der Waals surface area contributed by atoms with E-state index in [1.165, 1.54) is 12.7 Å². The summed E-state index contributed by atoms with van der Waals surface area (Å²) in [6.07, 6.45) is 1.42. The molecule has 1 heterocycles. The zero-order valence-electron chi connectivity index (χ0n) is 13.5. The minimum atomic E-state index is -0.594. The number of hydrogen-bond acceptors (Lipinski definition) is 4. The minimum Gasteiger partial charge on any atom is -0.487 e. The SMILES string of the molecule is COC(=O)C(C)(C)CC(N)c1ccc2c(c1)CC(C)(C)O2. The van der Waals surface area contributed by atoms with E-state index in [-0.39, 0.29) is 17.6 Å². The minimum absolute atomic E-state index is 0.156. The monoisotopic (exact) mass is 291 g/mol. The molecule has 0 saturated carbocycles. The number of ether oxygens (including phenoxy) is 2. The molecule has 1 aliphatic heterocycles. The Labute approximate surface area is 126 Å². The van der Waals surface area contributed by atoms with Gasteiger partial charge in [-0.15, -0.1) is 0 Å². The van der Waals surface area contributed by atoms with Gasteiger partial charge in [0.2, 0.25) is 0 Å². The largest absolute Gasteiger partial charge is 0.487 e. The second-order valence-corrected chi connectivity index (χ2v) is 7.09. The predicted molar refractivity (Wildman–Crippen MR) is 82.2 cm³/mol. The molecule has 1 unspecified atom stereocenters. The van der Waals surface area contributed by atoms with Crippen molar-refractivity contribution in [3.05, 3.63) is 29.3 Å². The molecule has 0 saturated heterocycles. The first-order valence-corrected chi connectivity index (χ1v) is 7.30. The predicted octanol–water partition coefficient (Wildman–Crippen LogP) is 2.99. The van der Waals surface area contributed by atoms with Gasteiger partial charge in [0, 0.05) is 12.5 Å². The molecule has 2 rings (SSSR count). The molecule has 21 heavy (non-hydrogen) atoms. The van der Waals surface area contributed by atoms with Crippen molar-refractivity contribution in [2.75, 3.05) is 7.11 Å². The van der Waals surface area contributed by atoms with Crippen molar-refractivity contribution < 1.29 is 14.3 Å². The number of carbonyl (C=O) groups excluding carboxylic acids is 1. The average molecular weight is 291 g/mol. The van der Waals surface area contributed by atoms with Crippen molar-refractivity contribution in [3.8, 4) is 5.75 Å². The van der Waals surface area contributed by atoms with Gasteiger partial charge in [0.15, 0.2) is 0 Å². The lowest BCUT2D eigenvalue weighted by Crippen LogP contribution is -2.30. The number of methoxy groups -OCH3 is 1. The number of nitrogens with two attached hydrogens (primary N) is 1. The summed E-state index contributed by atoms with van der Waals surface area (Å²) in [6, 6.07) is 5.86. The van der Waals surface area contributed by atoms with E-state index in [1.807, 2.05) is 26.0 Å². The van der Waals surface area contributed by atoms with Gasteiger partial charge in [0.25, 0.3) is 0 Å². The number of fused-ring (bicyclic) bond motifs is 1. The van der Waals surface area contributed by atoms with E-state index >= 15 is 0 Å². The van der Waals surface area contributed by atoms with E-state index in [0.29, 0.717) is 6.42 Å². The first kappa shape index (κ1) is 15.8. The molecule has 0 spiro atoms. The fourth-order valence-electron chi connectivity index (χ4n) is 2.89. The molecule has 0 aromatic heterocycles. The molecular formula is C17H25NO3. The van der Waals surface area contributed by atoms with E-state index in [1.54, 1.807) is 0 Å². The summed E-state index contributed by atoms with van der Waals surface area (Å²) in [5.41, 5.74) is 7.75. The number of hydrogen-bond donors (Lipinski definition) is 1. The van der Waals surface area contributed by atoms with Crippen LogP contribution in [0.1, 0.15) is 51.3 Å². The highest BCUT2D eigenvalue weighted by molar-refractivity contribution is 5.75. The Morgan fingerprint density at radius 1 is 1.48 bits per heavy atom. The molecule has 0 fully saturated rings. The maximum Gasteiger partial charge on any atom is 0.311 e. The van der Waals surface area contributed by atoms with Crippen LogP contribution < -0.4 is 10.5 Å². The van der Waals surface area contributed by atoms with Crippen LogP contribution in [0.3, 0.4) is 0 Å². The van der Waals surface area contributed by atoms with Gasteiger partial charge in [-0.1, -0.05) is 12.1 Å². The Kier molecular flexibility index (Phi) is 4.02. The van der Waals surface area contributed by atoms with Crippen LogP contribution in [-0.2, 0) is 16.0 Å². The molecule has 1 aromatic carbocycles. The zero-order chi connectivity index (χ0) is 15.8. The molecule has 4 heteroatoms. The summed E-state index contributed by atoms with van der Waals surface area (Å²) in [5, 5.41) is 0. The van der Waals surface area contributed by atoms with Crippen LogP contribution in [0.5, 0.6) is 5.75 Å². The summed E-state index contributed by atoms with van der Waals surface area (Å²) >= 11 is 0. The van der Waals surface area contributed by atoms with Gasteiger partial charge >= 0.3 is 5.97 Å². The van der Waals surface area contributed by atoms with E-state index in [4.69, 9.17) is 15.2 Å². The van der Waals surface area contributed by atoms with Crippen molar-refractivity contribution in [3.63, 3.8) is 0 Å². The normalized spacial score (nSPS) is 17.8. The van der Waals surface area contributed by atoms with Gasteiger partial charge in [0.05, 0.1) is 12.5 Å². The maximum absolute atomic E-state index is 11.8. The van der Waals surface area contributed by atoms with Gasteiger partial charge < -0.3 is 15.2 Å². The van der Waals surface area contributed by atoms with Crippen molar-refractivity contribution in [1.82, 2.24) is 0 Å². The third kappa shape index (κ3) is 3.38. The fraction of sp³-hybridized carbons (Fsp3) is 0.588. The Bertz CT molecular complexity index is 549. The van der Waals surface area contributed by atoms with Crippen LogP contribution in [0, 0.1) is 5.41 Å². The molecule has 1 aromatic rings. The van der Waals surface area contributed by atoms with Gasteiger partial charge in [-0.05, 0) is 51.3 Å². The smallest absolute Gasteiger partial charge is 0.311 e. The molecule has 0 aliphatic carbocycles. The molecule has 0 amide bonds. The molecule has 1 atom stereocenters. The highest BCUT2D eigenvalue weighted by atomic mass is 16.5. The topological polar surface area (TPSA) is 61.5 Å². The second-order valence-electron chi connectivity index (χ2n) is 7.09. The van der Waals surface area contributed by atoms with E-state index in [9.17, 15) is 4.79 Å². The first-order chi connectivity index (χ1) is 9.64. The van der Waals surface area contributed by atoms with E-state index < -0.39 is 5.41 Å². The van der Waals surface area contributed by atoms with E-state index in [2.05, 4.69) is 19.9 Å². The third-order valence-electron chi connectivity index (χ3n) is 3.98. The molecule has 2 N–H and O–H groups in total. The molecule has 116 valence electrons. The lowest BCUT2D eigenvalue weighted by Gasteiger charge is -2.25. The van der Waals surface area contributed by atoms with E-state index in [0.717, 1.165) is 17.7 Å². The standard InChI is InChI=1S/C17H25NO3/c1-16(2,15(19)20-5)10-13(18)11-6-7-14-12(8-11)9-17(3,4)21-14/h6-8,13H,9-10,18H2,1-5H3. The van der Waals surface area contributed by atoms with Gasteiger partial charge in [-0.2, -0.15) is 0 Å². The maximum atomic E-state index is 11.8. The van der Waals surface area contributed by atoms with Crippen LogP contribution in [0.2, 0.25) is 0 Å². The van der Waals surface area contributed by atoms with Crippen LogP contribution in [0.15, 0.2) is 18.2 Å². The van der Waals surface area contributed by atoms with Gasteiger partial charge in [-0.3, -0.25) is 4.79 Å². The Balaban J connectivity index is 2.15. The lowest BCUT2D eigenvalue weighted by molar-refractivity contribution is -0.151. The zero-order valence-corrected chi connectivity index (χ0v) is 13.5. The molecule has 1 aliphatic rings. The van der Waals surface area contributed by atoms with Crippen molar-refractivity contribution in [1.29, 1.82) is 0 Å². The quantitative estimate of drug-likeness (QED) is 0.866. The highest BCUT2D eigenvalue weighted by Gasteiger charge is 2.33. The van der Waals surface area contributed by atoms with Gasteiger partial charge in [0.1, 0.15) is 11.4 Å². The highest BCUT2D eigenvalue weighted by Crippen LogP contribution is 2.37. The van der Waals surface area contributed by atoms with Crippen LogP contribution >= 0.6 is 0 Å². The lowest BCUT2D eigenvalue weighted by atomic mass is 9.83. The summed E-state index contributed by atoms with van der Waals surface area (Å²) < 4.78 is 10.7. The second kappa shape index (κ2) is 5.34. The molecular weight excluding hydrogens is 266 g/mol. The Hall–Kier alpha value is -1.55. The van der Waals surface area contributed by atoms with Crippen LogP contribution in [0.4, 0.5) is 0 Å². The Morgan fingerprint density at radius 2 is 2.14 bits per heavy atom. The summed E-state index contributed by atoms with van der Waals surface area (Å²) in [6.45, 7) is 7.87. The first-order valence-electron chi connectivity index (χ1n) is 7.30. The summed E-state index contributed by atoms with van der Waals surface area (Å²) in [5.74, 6) is 0.701. The van der Waals surface area contributed by atoms with Gasteiger partial charge in [-0.25, -0.2) is 0 Å². The number of benzene rings is 1. The summed E-state index contributed by atoms with van der Waals surface area (Å²) in [7, 11) is 1.41.